The van der Waals surface area contributed by atoms with Gasteiger partial charge in [0, 0.05) is 38.5 Å². The standard InChI is InChI=1S/C43H31NO/c1-43(2)37-15-8-6-14-36(37)41-38(43)16-10-17-39(41)44(31-11-4-3-5-12-31)32-23-19-28(20-24-32)29-21-25-33-30(27-29)22-26-35-34-13-7-9-18-40(34)45-42(33)35/h3-27H,1-2H3. The number of rotatable bonds is 4. The van der Waals surface area contributed by atoms with E-state index in [4.69, 9.17) is 4.42 Å². The van der Waals surface area contributed by atoms with Gasteiger partial charge in [0.25, 0.3) is 0 Å². The quantitative estimate of drug-likeness (QED) is 0.207. The molecule has 2 heteroatoms. The van der Waals surface area contributed by atoms with E-state index in [-0.39, 0.29) is 5.41 Å². The Hall–Kier alpha value is -5.60. The van der Waals surface area contributed by atoms with Crippen LogP contribution in [0.1, 0.15) is 25.0 Å². The van der Waals surface area contributed by atoms with Crippen molar-refractivity contribution in [3.63, 3.8) is 0 Å². The lowest BCUT2D eigenvalue weighted by molar-refractivity contribution is 0.660. The zero-order valence-corrected chi connectivity index (χ0v) is 25.3. The molecule has 45 heavy (non-hydrogen) atoms. The molecule has 0 radical (unpaired) electrons. The zero-order valence-electron chi connectivity index (χ0n) is 25.3. The highest BCUT2D eigenvalue weighted by Gasteiger charge is 2.37. The van der Waals surface area contributed by atoms with Gasteiger partial charge in [0.2, 0.25) is 0 Å². The first-order valence-corrected chi connectivity index (χ1v) is 15.6. The number of hydrogen-bond acceptors (Lipinski definition) is 2. The number of benzene rings is 7. The summed E-state index contributed by atoms with van der Waals surface area (Å²) in [5, 5.41) is 4.64. The summed E-state index contributed by atoms with van der Waals surface area (Å²) in [6, 6.07) is 54.7. The fourth-order valence-corrected chi connectivity index (χ4v) is 7.42. The SMILES string of the molecule is CC1(C)c2ccccc2-c2c(N(c3ccccc3)c3ccc(-c4ccc5c(ccc6c7ccccc7oc56)c4)cc3)cccc21. The Labute approximate surface area is 262 Å². The first kappa shape index (κ1) is 25.9. The van der Waals surface area contributed by atoms with E-state index in [0.29, 0.717) is 0 Å². The molecule has 0 N–H and O–H groups in total. The number of hydrogen-bond donors (Lipinski definition) is 0. The van der Waals surface area contributed by atoms with Crippen molar-refractivity contribution in [3.05, 3.63) is 163 Å². The molecule has 0 unspecified atom stereocenters. The highest BCUT2D eigenvalue weighted by atomic mass is 16.3. The van der Waals surface area contributed by atoms with E-state index in [9.17, 15) is 0 Å². The molecular formula is C43H31NO. The molecule has 0 aliphatic heterocycles. The van der Waals surface area contributed by atoms with Crippen LogP contribution in [0.15, 0.2) is 156 Å². The molecule has 0 saturated heterocycles. The van der Waals surface area contributed by atoms with Crippen molar-refractivity contribution in [2.24, 2.45) is 0 Å². The lowest BCUT2D eigenvalue weighted by atomic mass is 9.82. The summed E-state index contributed by atoms with van der Waals surface area (Å²) in [6.45, 7) is 4.68. The third kappa shape index (κ3) is 3.89. The van der Waals surface area contributed by atoms with Crippen molar-refractivity contribution in [2.45, 2.75) is 19.3 Å². The van der Waals surface area contributed by atoms with Crippen LogP contribution >= 0.6 is 0 Å². The fourth-order valence-electron chi connectivity index (χ4n) is 7.42. The van der Waals surface area contributed by atoms with Crippen LogP contribution in [0.5, 0.6) is 0 Å². The molecule has 7 aromatic carbocycles. The molecule has 0 bridgehead atoms. The molecular weight excluding hydrogens is 546 g/mol. The summed E-state index contributed by atoms with van der Waals surface area (Å²) in [5.74, 6) is 0. The second-order valence-electron chi connectivity index (χ2n) is 12.6. The Balaban J connectivity index is 1.15. The molecule has 1 heterocycles. The average Bonchev–Trinajstić information content (AvgIpc) is 3.59. The van der Waals surface area contributed by atoms with Gasteiger partial charge in [0.15, 0.2) is 0 Å². The van der Waals surface area contributed by atoms with Crippen LogP contribution in [0.4, 0.5) is 17.1 Å². The predicted molar refractivity (Wildman–Crippen MR) is 189 cm³/mol. The van der Waals surface area contributed by atoms with Crippen molar-refractivity contribution in [1.82, 2.24) is 0 Å². The zero-order chi connectivity index (χ0) is 30.1. The van der Waals surface area contributed by atoms with Crippen LogP contribution in [-0.4, -0.2) is 0 Å². The van der Waals surface area contributed by atoms with Crippen LogP contribution in [0.2, 0.25) is 0 Å². The summed E-state index contributed by atoms with van der Waals surface area (Å²) >= 11 is 0. The van der Waals surface area contributed by atoms with Gasteiger partial charge in [0.05, 0.1) is 5.69 Å². The van der Waals surface area contributed by atoms with E-state index in [0.717, 1.165) is 38.7 Å². The molecule has 9 rings (SSSR count). The third-order valence-corrected chi connectivity index (χ3v) is 9.66. The van der Waals surface area contributed by atoms with E-state index >= 15 is 0 Å². The van der Waals surface area contributed by atoms with Crippen molar-refractivity contribution in [1.29, 1.82) is 0 Å². The number of para-hydroxylation sites is 2. The van der Waals surface area contributed by atoms with Gasteiger partial charge >= 0.3 is 0 Å². The second-order valence-corrected chi connectivity index (χ2v) is 12.6. The van der Waals surface area contributed by atoms with Gasteiger partial charge in [-0.05, 0) is 87.8 Å². The predicted octanol–water partition coefficient (Wildman–Crippen LogP) is 12.2. The van der Waals surface area contributed by atoms with Crippen LogP contribution in [0.3, 0.4) is 0 Å². The molecule has 1 aromatic heterocycles. The minimum atomic E-state index is -0.0574. The van der Waals surface area contributed by atoms with Crippen molar-refractivity contribution < 1.29 is 4.42 Å². The lowest BCUT2D eigenvalue weighted by Gasteiger charge is -2.29. The minimum absolute atomic E-state index is 0.0574. The number of furan rings is 1. The minimum Gasteiger partial charge on any atom is -0.455 e. The monoisotopic (exact) mass is 577 g/mol. The Morgan fingerprint density at radius 2 is 1.20 bits per heavy atom. The summed E-state index contributed by atoms with van der Waals surface area (Å²) in [4.78, 5) is 2.40. The van der Waals surface area contributed by atoms with Crippen LogP contribution in [0.25, 0.3) is 55.0 Å². The summed E-state index contributed by atoms with van der Waals surface area (Å²) in [6.07, 6.45) is 0. The maximum Gasteiger partial charge on any atom is 0.143 e. The second kappa shape index (κ2) is 9.70. The highest BCUT2D eigenvalue weighted by Crippen LogP contribution is 2.54. The largest absolute Gasteiger partial charge is 0.455 e. The fraction of sp³-hybridized carbons (Fsp3) is 0.0698. The van der Waals surface area contributed by atoms with Gasteiger partial charge < -0.3 is 9.32 Å². The van der Waals surface area contributed by atoms with E-state index in [1.807, 2.05) is 12.1 Å². The molecule has 0 amide bonds. The number of nitrogens with zero attached hydrogens (tertiary/aromatic N) is 1. The maximum absolute atomic E-state index is 6.30. The van der Waals surface area contributed by atoms with Gasteiger partial charge in [0.1, 0.15) is 11.2 Å². The summed E-state index contributed by atoms with van der Waals surface area (Å²) in [5.41, 5.74) is 13.1. The van der Waals surface area contributed by atoms with Gasteiger partial charge in [-0.3, -0.25) is 0 Å². The average molecular weight is 578 g/mol. The van der Waals surface area contributed by atoms with Gasteiger partial charge in [-0.25, -0.2) is 0 Å². The molecule has 8 aromatic rings. The third-order valence-electron chi connectivity index (χ3n) is 9.66. The van der Waals surface area contributed by atoms with E-state index in [2.05, 4.69) is 158 Å². The molecule has 1 aliphatic rings. The molecule has 1 aliphatic carbocycles. The van der Waals surface area contributed by atoms with Crippen molar-refractivity contribution in [3.8, 4) is 22.3 Å². The number of fused-ring (bicyclic) bond motifs is 8. The maximum atomic E-state index is 6.30. The van der Waals surface area contributed by atoms with Gasteiger partial charge in [-0.2, -0.15) is 0 Å². The number of anilines is 3. The molecule has 0 spiro atoms. The first-order chi connectivity index (χ1) is 22.1. The van der Waals surface area contributed by atoms with E-state index < -0.39 is 0 Å². The van der Waals surface area contributed by atoms with Gasteiger partial charge in [-0.1, -0.05) is 111 Å². The van der Waals surface area contributed by atoms with E-state index in [1.54, 1.807) is 0 Å². The first-order valence-electron chi connectivity index (χ1n) is 15.6. The molecule has 2 nitrogen and oxygen atoms in total. The van der Waals surface area contributed by atoms with Crippen LogP contribution in [-0.2, 0) is 5.41 Å². The van der Waals surface area contributed by atoms with Crippen molar-refractivity contribution >= 4 is 49.8 Å². The smallest absolute Gasteiger partial charge is 0.143 e. The Morgan fingerprint density at radius 3 is 2.07 bits per heavy atom. The highest BCUT2D eigenvalue weighted by molar-refractivity contribution is 6.15. The molecule has 0 saturated carbocycles. The normalized spacial score (nSPS) is 13.3. The molecule has 0 atom stereocenters. The topological polar surface area (TPSA) is 16.4 Å². The summed E-state index contributed by atoms with van der Waals surface area (Å²) in [7, 11) is 0. The summed E-state index contributed by atoms with van der Waals surface area (Å²) < 4.78 is 6.30. The Kier molecular flexibility index (Phi) is 5.58. The van der Waals surface area contributed by atoms with E-state index in [1.165, 1.54) is 44.5 Å². The van der Waals surface area contributed by atoms with Gasteiger partial charge in [-0.15, -0.1) is 0 Å². The van der Waals surface area contributed by atoms with Crippen LogP contribution in [0, 0.1) is 0 Å². The van der Waals surface area contributed by atoms with Crippen LogP contribution < -0.4 is 4.90 Å². The van der Waals surface area contributed by atoms with Crippen molar-refractivity contribution in [2.75, 3.05) is 4.90 Å². The Bertz CT molecular complexity index is 2400. The Morgan fingerprint density at radius 1 is 0.511 bits per heavy atom. The lowest BCUT2D eigenvalue weighted by Crippen LogP contribution is -2.16. The molecule has 0 fully saturated rings. The molecule has 214 valence electrons.